The van der Waals surface area contributed by atoms with Crippen LogP contribution in [0.5, 0.6) is 0 Å². The van der Waals surface area contributed by atoms with Gasteiger partial charge in [-0.15, -0.1) is 23.1 Å². The SMILES string of the molecule is O=C(O)[C@H]1CSC(c2nc3ccc(NSc4ccc(C(F)(F)F)cc4[N+](=O)[O-])cc3s2)=N1. The van der Waals surface area contributed by atoms with E-state index >= 15 is 0 Å². The molecule has 3 aromatic rings. The topological polar surface area (TPSA) is 118 Å². The van der Waals surface area contributed by atoms with Gasteiger partial charge in [0.05, 0.1) is 20.7 Å². The summed E-state index contributed by atoms with van der Waals surface area (Å²) in [5, 5.41) is 21.4. The Morgan fingerprint density at radius 2 is 2.06 bits per heavy atom. The van der Waals surface area contributed by atoms with Gasteiger partial charge in [-0.1, -0.05) is 0 Å². The second-order valence-electron chi connectivity index (χ2n) is 6.44. The smallest absolute Gasteiger partial charge is 0.416 e. The van der Waals surface area contributed by atoms with E-state index in [1.165, 1.54) is 23.1 Å². The molecule has 0 saturated carbocycles. The first-order valence-electron chi connectivity index (χ1n) is 8.74. The average Bonchev–Trinajstić information content (AvgIpc) is 3.38. The number of thioether (sulfide) groups is 1. The molecule has 4 rings (SSSR count). The highest BCUT2D eigenvalue weighted by atomic mass is 32.2. The summed E-state index contributed by atoms with van der Waals surface area (Å²) < 4.78 is 42.2. The van der Waals surface area contributed by atoms with Crippen molar-refractivity contribution in [2.45, 2.75) is 17.1 Å². The summed E-state index contributed by atoms with van der Waals surface area (Å²) in [4.78, 5) is 30.1. The molecule has 0 fully saturated rings. The summed E-state index contributed by atoms with van der Waals surface area (Å²) in [5.74, 6) is -0.648. The zero-order valence-corrected chi connectivity index (χ0v) is 18.1. The molecule has 32 heavy (non-hydrogen) atoms. The van der Waals surface area contributed by atoms with Crippen molar-refractivity contribution in [3.8, 4) is 0 Å². The van der Waals surface area contributed by atoms with Gasteiger partial charge in [0.2, 0.25) is 0 Å². The van der Waals surface area contributed by atoms with Crippen LogP contribution in [0.1, 0.15) is 10.6 Å². The van der Waals surface area contributed by atoms with Crippen molar-refractivity contribution >= 4 is 67.7 Å². The number of fused-ring (bicyclic) bond motifs is 1. The normalized spacial score (nSPS) is 16.2. The lowest BCUT2D eigenvalue weighted by molar-refractivity contribution is -0.388. The molecule has 8 nitrogen and oxygen atoms in total. The number of aromatic nitrogens is 1. The minimum absolute atomic E-state index is 0.0320. The van der Waals surface area contributed by atoms with E-state index in [0.717, 1.165) is 28.8 Å². The van der Waals surface area contributed by atoms with E-state index in [0.29, 0.717) is 33.1 Å². The fraction of sp³-hybridized carbons (Fsp3) is 0.167. The number of carboxylic acids is 1. The highest BCUT2D eigenvalue weighted by Gasteiger charge is 2.33. The average molecular weight is 501 g/mol. The van der Waals surface area contributed by atoms with Crippen molar-refractivity contribution in [1.82, 2.24) is 4.98 Å². The molecule has 0 saturated heterocycles. The van der Waals surface area contributed by atoms with Crippen LogP contribution < -0.4 is 4.72 Å². The maximum Gasteiger partial charge on any atom is 0.416 e. The Hall–Kier alpha value is -2.84. The van der Waals surface area contributed by atoms with Gasteiger partial charge in [0.15, 0.2) is 6.04 Å². The van der Waals surface area contributed by atoms with E-state index in [4.69, 9.17) is 5.11 Å². The van der Waals surface area contributed by atoms with Crippen LogP contribution in [0.3, 0.4) is 0 Å². The molecule has 0 amide bonds. The molecule has 1 atom stereocenters. The first-order valence-corrected chi connectivity index (χ1v) is 11.4. The summed E-state index contributed by atoms with van der Waals surface area (Å²) in [6.45, 7) is 0. The number of nitrogens with zero attached hydrogens (tertiary/aromatic N) is 3. The number of aliphatic carboxylic acids is 1. The minimum Gasteiger partial charge on any atom is -0.480 e. The van der Waals surface area contributed by atoms with Crippen molar-refractivity contribution < 1.29 is 28.0 Å². The molecule has 166 valence electrons. The monoisotopic (exact) mass is 500 g/mol. The predicted molar refractivity (Wildman–Crippen MR) is 118 cm³/mol. The lowest BCUT2D eigenvalue weighted by Crippen LogP contribution is -2.17. The first-order chi connectivity index (χ1) is 15.1. The van der Waals surface area contributed by atoms with Crippen LogP contribution in [0.15, 0.2) is 46.3 Å². The number of nitro groups is 1. The molecule has 1 aromatic heterocycles. The van der Waals surface area contributed by atoms with Gasteiger partial charge in [-0.25, -0.2) is 9.78 Å². The molecule has 0 unspecified atom stereocenters. The molecule has 14 heteroatoms. The number of anilines is 1. The first kappa shape index (κ1) is 22.4. The zero-order chi connectivity index (χ0) is 23.0. The van der Waals surface area contributed by atoms with E-state index in [9.17, 15) is 28.1 Å². The van der Waals surface area contributed by atoms with Gasteiger partial charge in [0.25, 0.3) is 5.69 Å². The number of carbonyl (C=O) groups is 1. The van der Waals surface area contributed by atoms with Crippen molar-refractivity contribution in [2.75, 3.05) is 10.5 Å². The number of hydrogen-bond donors (Lipinski definition) is 2. The Kier molecular flexibility index (Phi) is 6.01. The number of alkyl halides is 3. The van der Waals surface area contributed by atoms with Crippen LogP contribution >= 0.6 is 35.0 Å². The molecule has 1 aliphatic heterocycles. The van der Waals surface area contributed by atoms with Crippen molar-refractivity contribution in [3.05, 3.63) is 57.1 Å². The number of halogens is 3. The lowest BCUT2D eigenvalue weighted by Gasteiger charge is -2.09. The number of carboxylic acid groups (broad SMARTS) is 1. The van der Waals surface area contributed by atoms with E-state index in [-0.39, 0.29) is 4.90 Å². The van der Waals surface area contributed by atoms with Gasteiger partial charge < -0.3 is 9.83 Å². The van der Waals surface area contributed by atoms with Crippen LogP contribution in [0.25, 0.3) is 10.2 Å². The zero-order valence-electron chi connectivity index (χ0n) is 15.6. The van der Waals surface area contributed by atoms with Crippen LogP contribution in [0.2, 0.25) is 0 Å². The van der Waals surface area contributed by atoms with E-state index in [1.807, 2.05) is 0 Å². The standard InChI is InChI=1S/C18H11F3N4O4S3/c19-18(20,21)8-1-4-13(12(5-8)25(28)29)32-24-9-2-3-10-14(6-9)31-16(22-10)15-23-11(7-30-15)17(26)27/h1-6,11,24H,7H2,(H,26,27)/t11-/m1/s1. The fourth-order valence-corrected chi connectivity index (χ4v) is 5.56. The number of thiazole rings is 1. The van der Waals surface area contributed by atoms with Crippen LogP contribution in [0.4, 0.5) is 24.5 Å². The predicted octanol–water partition coefficient (Wildman–Crippen LogP) is 5.29. The molecular weight excluding hydrogens is 489 g/mol. The second kappa shape index (κ2) is 8.60. The summed E-state index contributed by atoms with van der Waals surface area (Å²) in [7, 11) is 0. The number of nitrogens with one attached hydrogen (secondary N) is 1. The molecule has 0 aliphatic carbocycles. The molecule has 0 bridgehead atoms. The Morgan fingerprint density at radius 1 is 1.28 bits per heavy atom. The van der Waals surface area contributed by atoms with E-state index in [1.54, 1.807) is 18.2 Å². The van der Waals surface area contributed by atoms with Crippen molar-refractivity contribution in [1.29, 1.82) is 0 Å². The molecule has 1 aliphatic rings. The van der Waals surface area contributed by atoms with Gasteiger partial charge in [0, 0.05) is 17.5 Å². The van der Waals surface area contributed by atoms with Gasteiger partial charge in [-0.2, -0.15) is 13.2 Å². The van der Waals surface area contributed by atoms with Gasteiger partial charge in [-0.3, -0.25) is 15.1 Å². The number of rotatable bonds is 6. The van der Waals surface area contributed by atoms with Crippen LogP contribution in [-0.4, -0.2) is 37.8 Å². The maximum absolute atomic E-state index is 12.8. The summed E-state index contributed by atoms with van der Waals surface area (Å²) in [6.07, 6.45) is -4.68. The highest BCUT2D eigenvalue weighted by molar-refractivity contribution is 8.15. The third-order valence-electron chi connectivity index (χ3n) is 4.27. The summed E-state index contributed by atoms with van der Waals surface area (Å²) in [6, 6.07) is 6.69. The Morgan fingerprint density at radius 3 is 2.72 bits per heavy atom. The number of nitro benzene ring substituents is 1. The molecule has 2 aromatic carbocycles. The maximum atomic E-state index is 12.8. The third kappa shape index (κ3) is 4.66. The lowest BCUT2D eigenvalue weighted by atomic mass is 10.2. The third-order valence-corrected chi connectivity index (χ3v) is 7.38. The quantitative estimate of drug-likeness (QED) is 0.266. The molecular formula is C18H11F3N4O4S3. The highest BCUT2D eigenvalue weighted by Crippen LogP contribution is 2.37. The number of benzene rings is 2. The van der Waals surface area contributed by atoms with E-state index < -0.39 is 34.4 Å². The molecule has 0 radical (unpaired) electrons. The summed E-state index contributed by atoms with van der Waals surface area (Å²) in [5.41, 5.74) is -0.507. The molecule has 2 heterocycles. The number of hydrogen-bond acceptors (Lipinski definition) is 9. The number of aliphatic imine (C=N–C) groups is 1. The Labute approximate surface area is 190 Å². The second-order valence-corrected chi connectivity index (χ2v) is 9.33. The van der Waals surface area contributed by atoms with Gasteiger partial charge in [0.1, 0.15) is 14.9 Å². The summed E-state index contributed by atoms with van der Waals surface area (Å²) >= 11 is 3.46. The Bertz CT molecular complexity index is 1260. The molecule has 0 spiro atoms. The Balaban J connectivity index is 1.54. The molecule has 2 N–H and O–H groups in total. The van der Waals surface area contributed by atoms with E-state index in [2.05, 4.69) is 14.7 Å². The van der Waals surface area contributed by atoms with Gasteiger partial charge in [-0.05, 0) is 42.3 Å². The fourth-order valence-electron chi connectivity index (χ4n) is 2.73. The largest absolute Gasteiger partial charge is 0.480 e. The van der Waals surface area contributed by atoms with Crippen molar-refractivity contribution in [3.63, 3.8) is 0 Å². The van der Waals surface area contributed by atoms with Crippen molar-refractivity contribution in [2.24, 2.45) is 4.99 Å². The van der Waals surface area contributed by atoms with Gasteiger partial charge >= 0.3 is 12.1 Å². The van der Waals surface area contributed by atoms with Crippen LogP contribution in [-0.2, 0) is 11.0 Å². The minimum atomic E-state index is -4.68. The van der Waals surface area contributed by atoms with Crippen LogP contribution in [0, 0.1) is 10.1 Å².